The normalized spacial score (nSPS) is 14.3. The molecule has 0 aliphatic heterocycles. The Morgan fingerprint density at radius 1 is 1.11 bits per heavy atom. The first-order valence-electron chi connectivity index (χ1n) is 12.3. The van der Waals surface area contributed by atoms with Crippen LogP contribution in [0.4, 0.5) is 0 Å². The van der Waals surface area contributed by atoms with Crippen molar-refractivity contribution in [3.63, 3.8) is 0 Å². The number of benzene rings is 1. The van der Waals surface area contributed by atoms with E-state index in [1.807, 2.05) is 6.07 Å². The van der Waals surface area contributed by atoms with Gasteiger partial charge in [-0.3, -0.25) is 9.59 Å². The molecule has 0 saturated heterocycles. The summed E-state index contributed by atoms with van der Waals surface area (Å²) in [5.74, 6) is 0.550. The first-order valence-corrected chi connectivity index (χ1v) is 12.8. The van der Waals surface area contributed by atoms with Gasteiger partial charge in [0.05, 0.1) is 23.7 Å². The molecule has 0 aromatic heterocycles. The fraction of sp³-hybridized carbons (Fsp3) is 0.692. The third kappa shape index (κ3) is 11.2. The Morgan fingerprint density at radius 2 is 1.77 bits per heavy atom. The molecule has 5 N–H and O–H groups in total. The summed E-state index contributed by atoms with van der Waals surface area (Å²) in [4.78, 5) is 25.1. The number of nitrogens with one attached hydrogen (secondary N) is 2. The Balaban J connectivity index is 2.63. The predicted octanol–water partition coefficient (Wildman–Crippen LogP) is 2.95. The van der Waals surface area contributed by atoms with Crippen molar-refractivity contribution < 1.29 is 24.2 Å². The number of para-hydroxylation sites is 1. The van der Waals surface area contributed by atoms with Crippen molar-refractivity contribution in [2.24, 2.45) is 23.0 Å². The van der Waals surface area contributed by atoms with Gasteiger partial charge in [-0.2, -0.15) is 0 Å². The van der Waals surface area contributed by atoms with Crippen LogP contribution in [-0.4, -0.2) is 68.4 Å². The van der Waals surface area contributed by atoms with Crippen LogP contribution >= 0.6 is 11.6 Å². The van der Waals surface area contributed by atoms with Gasteiger partial charge in [-0.15, -0.1) is 11.6 Å². The monoisotopic (exact) mass is 513 g/mol. The summed E-state index contributed by atoms with van der Waals surface area (Å²) in [6, 6.07) is 6.62. The van der Waals surface area contributed by atoms with Gasteiger partial charge in [0.15, 0.2) is 0 Å². The number of carbonyl (C=O) groups excluding carboxylic acids is 2. The number of ether oxygens (including phenoxy) is 2. The molecule has 35 heavy (non-hydrogen) atoms. The lowest BCUT2D eigenvalue weighted by Gasteiger charge is -2.28. The molecule has 1 aromatic carbocycles. The molecule has 2 amide bonds. The summed E-state index contributed by atoms with van der Waals surface area (Å²) < 4.78 is 10.9. The quantitative estimate of drug-likeness (QED) is 0.187. The number of alkyl halides is 1. The van der Waals surface area contributed by atoms with E-state index in [-0.39, 0.29) is 36.1 Å². The lowest BCUT2D eigenvalue weighted by atomic mass is 9.87. The SMILES string of the molecule is COCCCCOc1ccccc1C(=O)NCC(CC(N)C(O)CNC(=O)C(C)(C)CCl)C(C)C. The Hall–Kier alpha value is -1.87. The minimum absolute atomic E-state index is 0.0423. The molecule has 0 spiro atoms. The number of rotatable bonds is 17. The second kappa shape index (κ2) is 16.0. The van der Waals surface area contributed by atoms with Crippen molar-refractivity contribution in [2.75, 3.05) is 39.3 Å². The molecule has 1 aromatic rings. The molecule has 0 radical (unpaired) electrons. The third-order valence-corrected chi connectivity index (χ3v) is 6.76. The van der Waals surface area contributed by atoms with Crippen LogP contribution in [0.15, 0.2) is 24.3 Å². The Labute approximate surface area is 215 Å². The number of nitrogens with two attached hydrogens (primary N) is 1. The van der Waals surface area contributed by atoms with Crippen LogP contribution in [0.25, 0.3) is 0 Å². The highest BCUT2D eigenvalue weighted by atomic mass is 35.5. The Kier molecular flexibility index (Phi) is 14.2. The fourth-order valence-corrected chi connectivity index (χ4v) is 3.50. The molecule has 200 valence electrons. The summed E-state index contributed by atoms with van der Waals surface area (Å²) in [5, 5.41) is 16.2. The summed E-state index contributed by atoms with van der Waals surface area (Å²) >= 11 is 5.83. The van der Waals surface area contributed by atoms with Gasteiger partial charge in [-0.25, -0.2) is 0 Å². The number of methoxy groups -OCH3 is 1. The Bertz CT molecular complexity index is 775. The van der Waals surface area contributed by atoms with E-state index in [0.717, 1.165) is 12.8 Å². The van der Waals surface area contributed by atoms with Crippen LogP contribution in [0.3, 0.4) is 0 Å². The van der Waals surface area contributed by atoms with E-state index < -0.39 is 17.6 Å². The summed E-state index contributed by atoms with van der Waals surface area (Å²) in [6.45, 7) is 9.23. The van der Waals surface area contributed by atoms with E-state index in [2.05, 4.69) is 24.5 Å². The average Bonchev–Trinajstić information content (AvgIpc) is 2.84. The van der Waals surface area contributed by atoms with Crippen molar-refractivity contribution in [2.45, 2.75) is 59.1 Å². The highest BCUT2D eigenvalue weighted by Crippen LogP contribution is 2.21. The largest absolute Gasteiger partial charge is 0.493 e. The van der Waals surface area contributed by atoms with Gasteiger partial charge in [0.25, 0.3) is 5.91 Å². The zero-order chi connectivity index (χ0) is 26.4. The lowest BCUT2D eigenvalue weighted by molar-refractivity contribution is -0.128. The van der Waals surface area contributed by atoms with Gasteiger partial charge < -0.3 is 30.9 Å². The number of amides is 2. The highest BCUT2D eigenvalue weighted by Gasteiger charge is 2.28. The van der Waals surface area contributed by atoms with Gasteiger partial charge in [-0.1, -0.05) is 26.0 Å². The maximum absolute atomic E-state index is 12.9. The van der Waals surface area contributed by atoms with Gasteiger partial charge in [0, 0.05) is 38.7 Å². The molecule has 3 unspecified atom stereocenters. The molecule has 0 fully saturated rings. The van der Waals surface area contributed by atoms with Crippen LogP contribution in [-0.2, 0) is 9.53 Å². The number of halogens is 1. The van der Waals surface area contributed by atoms with Crippen molar-refractivity contribution in [3.8, 4) is 5.75 Å². The molecular formula is C26H44ClN3O5. The zero-order valence-electron chi connectivity index (χ0n) is 21.8. The van der Waals surface area contributed by atoms with Gasteiger partial charge in [-0.05, 0) is 57.1 Å². The molecule has 3 atom stereocenters. The van der Waals surface area contributed by atoms with E-state index in [0.29, 0.717) is 37.5 Å². The summed E-state index contributed by atoms with van der Waals surface area (Å²) in [7, 11) is 1.67. The number of aliphatic hydroxyl groups excluding tert-OH is 1. The van der Waals surface area contributed by atoms with E-state index >= 15 is 0 Å². The van der Waals surface area contributed by atoms with Gasteiger partial charge in [0.2, 0.25) is 5.91 Å². The van der Waals surface area contributed by atoms with Crippen LogP contribution in [0.5, 0.6) is 5.75 Å². The van der Waals surface area contributed by atoms with Crippen molar-refractivity contribution in [1.29, 1.82) is 0 Å². The smallest absolute Gasteiger partial charge is 0.255 e. The van der Waals surface area contributed by atoms with Gasteiger partial charge >= 0.3 is 0 Å². The van der Waals surface area contributed by atoms with E-state index in [4.69, 9.17) is 26.8 Å². The maximum atomic E-state index is 12.9. The molecule has 0 aliphatic carbocycles. The van der Waals surface area contributed by atoms with Crippen molar-refractivity contribution in [3.05, 3.63) is 29.8 Å². The second-order valence-corrected chi connectivity index (χ2v) is 10.2. The number of hydrogen-bond donors (Lipinski definition) is 4. The lowest BCUT2D eigenvalue weighted by Crippen LogP contribution is -2.48. The molecule has 0 aliphatic rings. The van der Waals surface area contributed by atoms with Crippen LogP contribution in [0.1, 0.15) is 57.3 Å². The molecule has 1 rings (SSSR count). The highest BCUT2D eigenvalue weighted by molar-refractivity contribution is 6.19. The van der Waals surface area contributed by atoms with E-state index in [9.17, 15) is 14.7 Å². The molecule has 0 bridgehead atoms. The zero-order valence-corrected chi connectivity index (χ0v) is 22.6. The van der Waals surface area contributed by atoms with E-state index in [1.165, 1.54) is 0 Å². The number of aliphatic hydroxyl groups is 1. The molecular weight excluding hydrogens is 470 g/mol. The summed E-state index contributed by atoms with van der Waals surface area (Å²) in [6.07, 6.45) is 1.31. The average molecular weight is 514 g/mol. The van der Waals surface area contributed by atoms with Crippen molar-refractivity contribution in [1.82, 2.24) is 10.6 Å². The molecule has 9 heteroatoms. The van der Waals surface area contributed by atoms with Crippen LogP contribution in [0.2, 0.25) is 0 Å². The minimum Gasteiger partial charge on any atom is -0.493 e. The third-order valence-electron chi connectivity index (χ3n) is 6.09. The molecule has 8 nitrogen and oxygen atoms in total. The van der Waals surface area contributed by atoms with E-state index in [1.54, 1.807) is 39.2 Å². The first kappa shape index (κ1) is 31.2. The number of carbonyl (C=O) groups is 2. The van der Waals surface area contributed by atoms with Crippen molar-refractivity contribution >= 4 is 23.4 Å². The fourth-order valence-electron chi connectivity index (χ4n) is 3.38. The first-order chi connectivity index (χ1) is 16.5. The second-order valence-electron chi connectivity index (χ2n) is 9.95. The standard InChI is InChI=1S/C26H44ClN3O5/c1-18(2)19(14-21(28)22(31)16-30-25(33)26(3,4)17-27)15-29-24(32)20-10-6-7-11-23(20)35-13-9-8-12-34-5/h6-7,10-11,18-19,21-22,31H,8-9,12-17,28H2,1-5H3,(H,29,32)(H,30,33). The minimum atomic E-state index is -0.908. The number of unbranched alkanes of at least 4 members (excludes halogenated alkanes) is 1. The van der Waals surface area contributed by atoms with Crippen LogP contribution < -0.4 is 21.1 Å². The predicted molar refractivity (Wildman–Crippen MR) is 140 cm³/mol. The summed E-state index contributed by atoms with van der Waals surface area (Å²) in [5.41, 5.74) is 6.01. The molecule has 0 saturated carbocycles. The maximum Gasteiger partial charge on any atom is 0.255 e. The molecule has 0 heterocycles. The topological polar surface area (TPSA) is 123 Å². The van der Waals surface area contributed by atoms with Gasteiger partial charge in [0.1, 0.15) is 5.75 Å². The Morgan fingerprint density at radius 3 is 2.40 bits per heavy atom. The number of hydrogen-bond acceptors (Lipinski definition) is 6. The van der Waals surface area contributed by atoms with Crippen LogP contribution in [0, 0.1) is 17.3 Å².